The summed E-state index contributed by atoms with van der Waals surface area (Å²) in [5.41, 5.74) is -0.0660. The zero-order chi connectivity index (χ0) is 27.6. The molecule has 0 bridgehead atoms. The monoisotopic (exact) mass is 547 g/mol. The normalized spacial score (nSPS) is 12.5. The molecule has 0 spiro atoms. The van der Waals surface area contributed by atoms with E-state index in [9.17, 15) is 39.6 Å². The molecule has 37 heavy (non-hydrogen) atoms. The van der Waals surface area contributed by atoms with Crippen LogP contribution >= 0.6 is 0 Å². The third-order valence-electron chi connectivity index (χ3n) is 5.45. The molecule has 0 aliphatic rings. The molecular weight excluding hydrogens is 524 g/mol. The Bertz CT molecular complexity index is 1350. The molecule has 0 N–H and O–H groups in total. The smallest absolute Gasteiger partial charge is 0.294 e. The molecule has 0 aliphatic carbocycles. The molecule has 0 saturated heterocycles. The van der Waals surface area contributed by atoms with Crippen molar-refractivity contribution in [2.45, 2.75) is 38.7 Å². The molecule has 0 unspecified atom stereocenters. The predicted octanol–water partition coefficient (Wildman–Crippen LogP) is 5.99. The Kier molecular flexibility index (Phi) is 8.06. The second-order valence-electron chi connectivity index (χ2n) is 8.32. The fourth-order valence-corrected chi connectivity index (χ4v) is 5.11. The number of Topliss-reactive ketones (excluding diaryl/α,β-unsaturated/α-hetero) is 1. The Hall–Kier alpha value is -3.35. The van der Waals surface area contributed by atoms with Gasteiger partial charge in [0.05, 0.1) is 29.7 Å². The molecule has 0 aliphatic heterocycles. The highest BCUT2D eigenvalue weighted by Gasteiger charge is 2.39. The molecule has 0 saturated carbocycles. The number of sulfonamides is 1. The number of halogens is 6. The number of aromatic nitrogens is 2. The van der Waals surface area contributed by atoms with Crippen LogP contribution in [0.2, 0.25) is 0 Å². The molecule has 1 aromatic heterocycles. The first-order chi connectivity index (χ1) is 17.1. The van der Waals surface area contributed by atoms with Gasteiger partial charge in [-0.05, 0) is 42.8 Å². The number of ketones is 1. The van der Waals surface area contributed by atoms with Crippen LogP contribution in [0.4, 0.5) is 32.0 Å². The first kappa shape index (κ1) is 28.2. The minimum absolute atomic E-state index is 0.112. The standard InChI is InChI=1S/C24H23F6N3O3S/c1-3-4-21(34)16-7-11-20(12-8-16)33(37(35,36)15-23(25,26)27)14-18-13-31-32(2)22(18)17-5-9-19(10-6-17)24(28,29)30/h5-13H,3-4,14-15H2,1-2H3. The number of benzene rings is 2. The third kappa shape index (κ3) is 6.90. The van der Waals surface area contributed by atoms with Gasteiger partial charge in [0.15, 0.2) is 11.5 Å². The van der Waals surface area contributed by atoms with E-state index in [1.54, 1.807) is 6.92 Å². The summed E-state index contributed by atoms with van der Waals surface area (Å²) in [6, 6.07) is 9.19. The van der Waals surface area contributed by atoms with Crippen LogP contribution in [-0.2, 0) is 29.8 Å². The third-order valence-corrected chi connectivity index (χ3v) is 7.15. The van der Waals surface area contributed by atoms with Gasteiger partial charge in [0.1, 0.15) is 0 Å². The Labute approximate surface area is 209 Å². The van der Waals surface area contributed by atoms with Crippen molar-refractivity contribution in [2.24, 2.45) is 7.05 Å². The molecule has 3 rings (SSSR count). The Morgan fingerprint density at radius 2 is 1.57 bits per heavy atom. The van der Waals surface area contributed by atoms with E-state index in [2.05, 4.69) is 5.10 Å². The highest BCUT2D eigenvalue weighted by Crippen LogP contribution is 2.33. The minimum Gasteiger partial charge on any atom is -0.294 e. The second-order valence-corrected chi connectivity index (χ2v) is 10.2. The van der Waals surface area contributed by atoms with Crippen LogP contribution in [0.5, 0.6) is 0 Å². The van der Waals surface area contributed by atoms with Crippen molar-refractivity contribution in [3.63, 3.8) is 0 Å². The van der Waals surface area contributed by atoms with Crippen molar-refractivity contribution >= 4 is 21.5 Å². The van der Waals surface area contributed by atoms with Crippen LogP contribution in [-0.4, -0.2) is 35.9 Å². The maximum absolute atomic E-state index is 13.1. The largest absolute Gasteiger partial charge is 0.416 e. The first-order valence-electron chi connectivity index (χ1n) is 11.0. The van der Waals surface area contributed by atoms with Crippen molar-refractivity contribution < 1.29 is 39.6 Å². The number of carbonyl (C=O) groups is 1. The molecule has 0 amide bonds. The van der Waals surface area contributed by atoms with Crippen molar-refractivity contribution in [3.05, 3.63) is 71.4 Å². The fourth-order valence-electron chi connectivity index (χ4n) is 3.76. The van der Waals surface area contributed by atoms with Crippen LogP contribution in [0.1, 0.15) is 41.3 Å². The lowest BCUT2D eigenvalue weighted by Gasteiger charge is -2.25. The lowest BCUT2D eigenvalue weighted by molar-refractivity contribution is -0.137. The summed E-state index contributed by atoms with van der Waals surface area (Å²) >= 11 is 0. The number of hydrogen-bond donors (Lipinski definition) is 0. The predicted molar refractivity (Wildman–Crippen MR) is 125 cm³/mol. The van der Waals surface area contributed by atoms with E-state index in [1.807, 2.05) is 0 Å². The van der Waals surface area contributed by atoms with Crippen molar-refractivity contribution in [1.29, 1.82) is 0 Å². The first-order valence-corrected chi connectivity index (χ1v) is 12.6. The van der Waals surface area contributed by atoms with E-state index in [4.69, 9.17) is 0 Å². The molecule has 0 radical (unpaired) electrons. The van der Waals surface area contributed by atoms with Crippen LogP contribution in [0, 0.1) is 0 Å². The highest BCUT2D eigenvalue weighted by atomic mass is 32.2. The van der Waals surface area contributed by atoms with Gasteiger partial charge in [0.2, 0.25) is 10.0 Å². The van der Waals surface area contributed by atoms with Gasteiger partial charge >= 0.3 is 12.4 Å². The van der Waals surface area contributed by atoms with Crippen molar-refractivity contribution in [2.75, 3.05) is 10.1 Å². The van der Waals surface area contributed by atoms with E-state index < -0.39 is 40.2 Å². The van der Waals surface area contributed by atoms with Crippen molar-refractivity contribution in [3.8, 4) is 11.3 Å². The molecule has 200 valence electrons. The van der Waals surface area contributed by atoms with Gasteiger partial charge in [-0.25, -0.2) is 8.42 Å². The number of anilines is 1. The molecular formula is C24H23F6N3O3S. The lowest BCUT2D eigenvalue weighted by atomic mass is 10.0. The molecule has 6 nitrogen and oxygen atoms in total. The zero-order valence-corrected chi connectivity index (χ0v) is 20.6. The summed E-state index contributed by atoms with van der Waals surface area (Å²) in [6.45, 7) is 1.23. The number of alkyl halides is 6. The topological polar surface area (TPSA) is 72.3 Å². The van der Waals surface area contributed by atoms with Gasteiger partial charge in [0.25, 0.3) is 0 Å². The summed E-state index contributed by atoms with van der Waals surface area (Å²) in [5, 5.41) is 4.03. The fraction of sp³-hybridized carbons (Fsp3) is 0.333. The van der Waals surface area contributed by atoms with Crippen LogP contribution in [0.3, 0.4) is 0 Å². The number of rotatable bonds is 9. The lowest BCUT2D eigenvalue weighted by Crippen LogP contribution is -2.37. The molecule has 3 aromatic rings. The number of hydrogen-bond acceptors (Lipinski definition) is 4. The average molecular weight is 548 g/mol. The Morgan fingerprint density at radius 3 is 2.08 bits per heavy atom. The van der Waals surface area contributed by atoms with Crippen LogP contribution in [0.25, 0.3) is 11.3 Å². The van der Waals surface area contributed by atoms with E-state index in [-0.39, 0.29) is 40.3 Å². The second kappa shape index (κ2) is 10.6. The van der Waals surface area contributed by atoms with E-state index in [0.717, 1.165) is 12.1 Å². The summed E-state index contributed by atoms with van der Waals surface area (Å²) in [6.07, 6.45) is -7.52. The summed E-state index contributed by atoms with van der Waals surface area (Å²) in [7, 11) is -3.48. The Balaban J connectivity index is 2.04. The molecule has 1 heterocycles. The number of aryl methyl sites for hydroxylation is 1. The van der Waals surface area contributed by atoms with Crippen molar-refractivity contribution in [1.82, 2.24) is 9.78 Å². The van der Waals surface area contributed by atoms with Gasteiger partial charge in [-0.2, -0.15) is 31.4 Å². The number of carbonyl (C=O) groups excluding carboxylic acids is 1. The molecule has 0 fully saturated rings. The van der Waals surface area contributed by atoms with E-state index in [0.29, 0.717) is 10.7 Å². The summed E-state index contributed by atoms with van der Waals surface area (Å²) < 4.78 is 106. The number of nitrogens with zero attached hydrogens (tertiary/aromatic N) is 3. The van der Waals surface area contributed by atoms with E-state index >= 15 is 0 Å². The zero-order valence-electron chi connectivity index (χ0n) is 19.8. The SMILES string of the molecule is CCCC(=O)c1ccc(N(Cc2cnn(C)c2-c2ccc(C(F)(F)F)cc2)S(=O)(=O)CC(F)(F)F)cc1. The van der Waals surface area contributed by atoms with Gasteiger partial charge in [-0.3, -0.25) is 13.8 Å². The summed E-state index contributed by atoms with van der Waals surface area (Å²) in [5.74, 6) is -2.33. The molecule has 0 atom stereocenters. The minimum atomic E-state index is -5.03. The Morgan fingerprint density at radius 1 is 0.973 bits per heavy atom. The van der Waals surface area contributed by atoms with Gasteiger partial charge in [-0.15, -0.1) is 0 Å². The van der Waals surface area contributed by atoms with Crippen LogP contribution < -0.4 is 4.31 Å². The quantitative estimate of drug-likeness (QED) is 0.244. The van der Waals surface area contributed by atoms with E-state index in [1.165, 1.54) is 54.3 Å². The average Bonchev–Trinajstić information content (AvgIpc) is 3.15. The molecule has 2 aromatic carbocycles. The maximum Gasteiger partial charge on any atom is 0.416 e. The molecule has 13 heteroatoms. The van der Waals surface area contributed by atoms with Gasteiger partial charge in [0, 0.05) is 30.2 Å². The van der Waals surface area contributed by atoms with Gasteiger partial charge < -0.3 is 0 Å². The highest BCUT2D eigenvalue weighted by molar-refractivity contribution is 7.92. The van der Waals surface area contributed by atoms with Gasteiger partial charge in [-0.1, -0.05) is 19.1 Å². The summed E-state index contributed by atoms with van der Waals surface area (Å²) in [4.78, 5) is 12.1. The van der Waals surface area contributed by atoms with Crippen LogP contribution in [0.15, 0.2) is 54.7 Å². The maximum atomic E-state index is 13.1.